The lowest BCUT2D eigenvalue weighted by atomic mass is 10.2. The molecule has 0 bridgehead atoms. The first-order valence-electron chi connectivity index (χ1n) is 12.6. The van der Waals surface area contributed by atoms with Gasteiger partial charge in [0.05, 0.1) is 36.1 Å². The Hall–Kier alpha value is -3.92. The van der Waals surface area contributed by atoms with E-state index in [9.17, 15) is 0 Å². The minimum atomic E-state index is 0.947. The molecule has 0 fully saturated rings. The SMILES string of the molecule is c1ccc(CN2CN(CCCN3CN(Cc4ccccc4)c4ccccc43)c3ccccc32)cc1. The summed E-state index contributed by atoms with van der Waals surface area (Å²) >= 11 is 0. The number of hydrogen-bond acceptors (Lipinski definition) is 4. The Morgan fingerprint density at radius 3 is 1.14 bits per heavy atom. The smallest absolute Gasteiger partial charge is 0.0907 e. The van der Waals surface area contributed by atoms with Crippen LogP contribution in [0, 0.1) is 0 Å². The zero-order valence-electron chi connectivity index (χ0n) is 20.1. The fraction of sp³-hybridized carbons (Fsp3) is 0.226. The van der Waals surface area contributed by atoms with Gasteiger partial charge in [-0.2, -0.15) is 0 Å². The summed E-state index contributed by atoms with van der Waals surface area (Å²) in [4.78, 5) is 10.1. The number of benzene rings is 4. The molecule has 2 aliphatic rings. The van der Waals surface area contributed by atoms with Crippen molar-refractivity contribution in [1.82, 2.24) is 0 Å². The van der Waals surface area contributed by atoms with E-state index in [2.05, 4.69) is 129 Å². The molecule has 4 nitrogen and oxygen atoms in total. The second-order valence-corrected chi connectivity index (χ2v) is 9.51. The van der Waals surface area contributed by atoms with Gasteiger partial charge < -0.3 is 19.6 Å². The van der Waals surface area contributed by atoms with Gasteiger partial charge in [0.1, 0.15) is 0 Å². The molecule has 176 valence electrons. The predicted octanol–water partition coefficient (Wildman–Crippen LogP) is 6.35. The largest absolute Gasteiger partial charge is 0.352 e. The van der Waals surface area contributed by atoms with Gasteiger partial charge >= 0.3 is 0 Å². The number of para-hydroxylation sites is 4. The van der Waals surface area contributed by atoms with Gasteiger partial charge in [0.15, 0.2) is 0 Å². The Kier molecular flexibility index (Phi) is 6.02. The number of hydrogen-bond donors (Lipinski definition) is 0. The molecule has 2 aliphatic heterocycles. The summed E-state index contributed by atoms with van der Waals surface area (Å²) in [6.07, 6.45) is 1.13. The maximum atomic E-state index is 2.54. The number of anilines is 4. The molecule has 35 heavy (non-hydrogen) atoms. The lowest BCUT2D eigenvalue weighted by molar-refractivity contribution is 0.686. The second-order valence-electron chi connectivity index (χ2n) is 9.51. The van der Waals surface area contributed by atoms with Gasteiger partial charge in [-0.1, -0.05) is 84.9 Å². The molecule has 6 rings (SSSR count). The maximum absolute atomic E-state index is 2.54. The maximum Gasteiger partial charge on any atom is 0.0907 e. The van der Waals surface area contributed by atoms with Crippen molar-refractivity contribution in [1.29, 1.82) is 0 Å². The van der Waals surface area contributed by atoms with Crippen molar-refractivity contribution in [2.24, 2.45) is 0 Å². The lowest BCUT2D eigenvalue weighted by Crippen LogP contribution is -2.35. The third kappa shape index (κ3) is 4.57. The molecular formula is C31H32N4. The molecule has 0 N–H and O–H groups in total. The summed E-state index contributed by atoms with van der Waals surface area (Å²) in [5.74, 6) is 0. The summed E-state index contributed by atoms with van der Waals surface area (Å²) in [5, 5.41) is 0. The highest BCUT2D eigenvalue weighted by Crippen LogP contribution is 2.38. The van der Waals surface area contributed by atoms with Crippen LogP contribution < -0.4 is 19.6 Å². The average Bonchev–Trinajstić information content (AvgIpc) is 3.44. The van der Waals surface area contributed by atoms with Gasteiger partial charge in [-0.15, -0.1) is 0 Å². The van der Waals surface area contributed by atoms with Crippen molar-refractivity contribution in [3.05, 3.63) is 120 Å². The number of fused-ring (bicyclic) bond motifs is 2. The van der Waals surface area contributed by atoms with Gasteiger partial charge in [0.25, 0.3) is 0 Å². The van der Waals surface area contributed by atoms with Crippen molar-refractivity contribution >= 4 is 22.7 Å². The minimum Gasteiger partial charge on any atom is -0.352 e. The molecule has 2 heterocycles. The van der Waals surface area contributed by atoms with E-state index in [1.807, 2.05) is 0 Å². The molecule has 0 saturated heterocycles. The Labute approximate surface area is 208 Å². The fourth-order valence-corrected chi connectivity index (χ4v) is 5.43. The Balaban J connectivity index is 1.11. The molecule has 4 heteroatoms. The van der Waals surface area contributed by atoms with Crippen molar-refractivity contribution in [2.75, 3.05) is 46.0 Å². The second kappa shape index (κ2) is 9.75. The molecule has 0 unspecified atom stereocenters. The topological polar surface area (TPSA) is 13.0 Å². The molecule has 0 radical (unpaired) electrons. The van der Waals surface area contributed by atoms with Crippen LogP contribution in [0.2, 0.25) is 0 Å². The van der Waals surface area contributed by atoms with Crippen LogP contribution in [0.15, 0.2) is 109 Å². The highest BCUT2D eigenvalue weighted by Gasteiger charge is 2.27. The first-order chi connectivity index (χ1) is 17.3. The van der Waals surface area contributed by atoms with Gasteiger partial charge in [0.2, 0.25) is 0 Å². The third-order valence-electron chi connectivity index (χ3n) is 7.10. The normalized spacial score (nSPS) is 14.4. The van der Waals surface area contributed by atoms with Crippen LogP contribution in [0.5, 0.6) is 0 Å². The zero-order chi connectivity index (χ0) is 23.5. The van der Waals surface area contributed by atoms with E-state index in [-0.39, 0.29) is 0 Å². The monoisotopic (exact) mass is 460 g/mol. The third-order valence-corrected chi connectivity index (χ3v) is 7.10. The molecule has 0 aromatic heterocycles. The van der Waals surface area contributed by atoms with Crippen LogP contribution in [0.4, 0.5) is 22.7 Å². The van der Waals surface area contributed by atoms with Crippen LogP contribution in [0.25, 0.3) is 0 Å². The summed E-state index contributed by atoms with van der Waals surface area (Å²) in [6.45, 7) is 5.90. The van der Waals surface area contributed by atoms with E-state index < -0.39 is 0 Å². The highest BCUT2D eigenvalue weighted by atomic mass is 15.4. The van der Waals surface area contributed by atoms with E-state index in [0.29, 0.717) is 0 Å². The number of nitrogens with zero attached hydrogens (tertiary/aromatic N) is 4. The Morgan fingerprint density at radius 2 is 0.743 bits per heavy atom. The zero-order valence-corrected chi connectivity index (χ0v) is 20.1. The molecule has 4 aromatic rings. The summed E-state index contributed by atoms with van der Waals surface area (Å²) in [7, 11) is 0. The van der Waals surface area contributed by atoms with E-state index in [1.165, 1.54) is 33.9 Å². The fourth-order valence-electron chi connectivity index (χ4n) is 5.43. The van der Waals surface area contributed by atoms with Gasteiger partial charge in [-0.3, -0.25) is 0 Å². The summed E-state index contributed by atoms with van der Waals surface area (Å²) in [5.41, 5.74) is 8.12. The van der Waals surface area contributed by atoms with Crippen LogP contribution in [0.3, 0.4) is 0 Å². The van der Waals surface area contributed by atoms with Crippen molar-refractivity contribution in [3.8, 4) is 0 Å². The van der Waals surface area contributed by atoms with E-state index in [1.54, 1.807) is 0 Å². The number of rotatable bonds is 8. The average molecular weight is 461 g/mol. The van der Waals surface area contributed by atoms with Crippen LogP contribution in [0.1, 0.15) is 17.5 Å². The highest BCUT2D eigenvalue weighted by molar-refractivity contribution is 5.77. The van der Waals surface area contributed by atoms with Crippen molar-refractivity contribution in [3.63, 3.8) is 0 Å². The van der Waals surface area contributed by atoms with Gasteiger partial charge in [-0.25, -0.2) is 0 Å². The van der Waals surface area contributed by atoms with Crippen LogP contribution >= 0.6 is 0 Å². The minimum absolute atomic E-state index is 0.947. The molecule has 0 atom stereocenters. The van der Waals surface area contributed by atoms with Gasteiger partial charge in [0, 0.05) is 26.2 Å². The molecule has 0 saturated carbocycles. The summed E-state index contributed by atoms with van der Waals surface area (Å²) < 4.78 is 0. The molecule has 0 aliphatic carbocycles. The van der Waals surface area contributed by atoms with Crippen LogP contribution in [-0.2, 0) is 13.1 Å². The van der Waals surface area contributed by atoms with Crippen molar-refractivity contribution < 1.29 is 0 Å². The lowest BCUT2D eigenvalue weighted by Gasteiger charge is -2.25. The predicted molar refractivity (Wildman–Crippen MR) is 147 cm³/mol. The van der Waals surface area contributed by atoms with Gasteiger partial charge in [-0.05, 0) is 41.8 Å². The summed E-state index contributed by atoms with van der Waals surface area (Å²) in [6, 6.07) is 39.3. The van der Waals surface area contributed by atoms with E-state index in [4.69, 9.17) is 0 Å². The first kappa shape index (κ1) is 21.6. The molecule has 0 spiro atoms. The Bertz CT molecular complexity index is 1160. The first-order valence-corrected chi connectivity index (χ1v) is 12.6. The van der Waals surface area contributed by atoms with Crippen LogP contribution in [-0.4, -0.2) is 26.4 Å². The molecule has 0 amide bonds. The molecular weight excluding hydrogens is 428 g/mol. The van der Waals surface area contributed by atoms with E-state index >= 15 is 0 Å². The van der Waals surface area contributed by atoms with Crippen molar-refractivity contribution in [2.45, 2.75) is 19.5 Å². The molecule has 4 aromatic carbocycles. The standard InChI is InChI=1S/C31H32N4/c1-3-12-26(13-4-1)22-34-24-32(28-16-7-9-18-30(28)34)20-11-21-33-25-35(23-27-14-5-2-6-15-27)31-19-10-8-17-29(31)33/h1-10,12-19H,11,20-25H2. The van der Waals surface area contributed by atoms with E-state index in [0.717, 1.165) is 45.9 Å². The quantitative estimate of drug-likeness (QED) is 0.304. The Morgan fingerprint density at radius 1 is 0.400 bits per heavy atom.